The second kappa shape index (κ2) is 6.18. The molecule has 3 atom stereocenters. The Bertz CT molecular complexity index is 323. The fourth-order valence-electron chi connectivity index (χ4n) is 2.60. The van der Waals surface area contributed by atoms with Crippen molar-refractivity contribution in [3.8, 4) is 0 Å². The van der Waals surface area contributed by atoms with Gasteiger partial charge in [0, 0.05) is 6.61 Å². The molecule has 0 amide bonds. The number of ether oxygens (including phenoxy) is 1. The molecule has 17 heavy (non-hydrogen) atoms. The van der Waals surface area contributed by atoms with Crippen LogP contribution in [0.3, 0.4) is 0 Å². The van der Waals surface area contributed by atoms with Crippen molar-refractivity contribution in [1.82, 2.24) is 0 Å². The van der Waals surface area contributed by atoms with E-state index < -0.39 is 0 Å². The van der Waals surface area contributed by atoms with E-state index in [1.807, 2.05) is 6.07 Å². The van der Waals surface area contributed by atoms with E-state index >= 15 is 0 Å². The van der Waals surface area contributed by atoms with Crippen LogP contribution in [0.4, 0.5) is 0 Å². The smallest absolute Gasteiger partial charge is 0.0583 e. The predicted molar refractivity (Wildman–Crippen MR) is 68.9 cm³/mol. The summed E-state index contributed by atoms with van der Waals surface area (Å²) >= 11 is 0. The van der Waals surface area contributed by atoms with E-state index in [1.54, 1.807) is 0 Å². The molecular weight excluding hydrogens is 212 g/mol. The van der Waals surface area contributed by atoms with Gasteiger partial charge in [0.1, 0.15) is 0 Å². The van der Waals surface area contributed by atoms with Crippen molar-refractivity contribution in [2.75, 3.05) is 6.61 Å². The van der Waals surface area contributed by atoms with Crippen molar-refractivity contribution < 1.29 is 9.84 Å². The molecule has 0 aliphatic carbocycles. The molecule has 1 aromatic carbocycles. The first-order valence-corrected chi connectivity index (χ1v) is 6.58. The lowest BCUT2D eigenvalue weighted by atomic mass is 9.93. The Morgan fingerprint density at radius 1 is 1.29 bits per heavy atom. The highest BCUT2D eigenvalue weighted by Crippen LogP contribution is 2.25. The van der Waals surface area contributed by atoms with Crippen molar-refractivity contribution in [2.24, 2.45) is 5.92 Å². The molecule has 3 unspecified atom stereocenters. The van der Waals surface area contributed by atoms with Crippen LogP contribution in [0.5, 0.6) is 0 Å². The molecule has 0 radical (unpaired) electrons. The van der Waals surface area contributed by atoms with Crippen molar-refractivity contribution in [2.45, 2.75) is 44.8 Å². The summed E-state index contributed by atoms with van der Waals surface area (Å²) in [6.45, 7) is 2.38. The summed E-state index contributed by atoms with van der Waals surface area (Å²) in [6.07, 6.45) is 4.99. The standard InChI is InChI=1S/C15H22O2/c1-12-7-8-15(17-12)10-14(11-16)9-13-5-3-2-4-6-13/h2-6,12,14-16H,7-11H2,1H3. The summed E-state index contributed by atoms with van der Waals surface area (Å²) in [5.41, 5.74) is 1.30. The molecule has 2 rings (SSSR count). The molecule has 1 saturated heterocycles. The first-order valence-electron chi connectivity index (χ1n) is 6.58. The van der Waals surface area contributed by atoms with Crippen LogP contribution in [0.25, 0.3) is 0 Å². The van der Waals surface area contributed by atoms with E-state index in [9.17, 15) is 5.11 Å². The van der Waals surface area contributed by atoms with Crippen LogP contribution < -0.4 is 0 Å². The lowest BCUT2D eigenvalue weighted by molar-refractivity contribution is 0.0338. The minimum absolute atomic E-state index is 0.253. The van der Waals surface area contributed by atoms with Crippen molar-refractivity contribution in [1.29, 1.82) is 0 Å². The summed E-state index contributed by atoms with van der Waals surface area (Å²) in [4.78, 5) is 0. The third-order valence-corrected chi connectivity index (χ3v) is 3.54. The van der Waals surface area contributed by atoms with Gasteiger partial charge in [-0.3, -0.25) is 0 Å². The lowest BCUT2D eigenvalue weighted by Crippen LogP contribution is -2.18. The average molecular weight is 234 g/mol. The number of aliphatic hydroxyl groups is 1. The quantitative estimate of drug-likeness (QED) is 0.849. The summed E-state index contributed by atoms with van der Waals surface area (Å²) in [5.74, 6) is 0.327. The van der Waals surface area contributed by atoms with Gasteiger partial charge in [-0.05, 0) is 44.1 Å². The van der Waals surface area contributed by atoms with Crippen LogP contribution >= 0.6 is 0 Å². The second-order valence-corrected chi connectivity index (χ2v) is 5.12. The van der Waals surface area contributed by atoms with Crippen LogP contribution in [-0.4, -0.2) is 23.9 Å². The Labute approximate surface area is 104 Å². The van der Waals surface area contributed by atoms with Crippen LogP contribution in [0.2, 0.25) is 0 Å². The molecule has 2 nitrogen and oxygen atoms in total. The molecule has 0 spiro atoms. The fourth-order valence-corrected chi connectivity index (χ4v) is 2.60. The summed E-state index contributed by atoms with van der Waals surface area (Å²) in [6, 6.07) is 10.4. The molecule has 1 aliphatic heterocycles. The van der Waals surface area contributed by atoms with Gasteiger partial charge in [0.2, 0.25) is 0 Å². The normalized spacial score (nSPS) is 26.0. The SMILES string of the molecule is CC1CCC(CC(CO)Cc2ccccc2)O1. The van der Waals surface area contributed by atoms with Crippen molar-refractivity contribution in [3.05, 3.63) is 35.9 Å². The molecule has 0 aromatic heterocycles. The molecular formula is C15H22O2. The Balaban J connectivity index is 1.85. The zero-order valence-electron chi connectivity index (χ0n) is 10.5. The monoisotopic (exact) mass is 234 g/mol. The van der Waals surface area contributed by atoms with Gasteiger partial charge in [-0.15, -0.1) is 0 Å². The predicted octanol–water partition coefficient (Wildman–Crippen LogP) is 2.80. The van der Waals surface area contributed by atoms with Gasteiger partial charge in [0.05, 0.1) is 12.2 Å². The van der Waals surface area contributed by atoms with Crippen LogP contribution in [0, 0.1) is 5.92 Å². The van der Waals surface area contributed by atoms with E-state index in [0.717, 1.165) is 25.7 Å². The Morgan fingerprint density at radius 3 is 2.65 bits per heavy atom. The van der Waals surface area contributed by atoms with Crippen LogP contribution in [0.15, 0.2) is 30.3 Å². The molecule has 94 valence electrons. The van der Waals surface area contributed by atoms with Crippen molar-refractivity contribution in [3.63, 3.8) is 0 Å². The van der Waals surface area contributed by atoms with E-state index in [0.29, 0.717) is 18.1 Å². The molecule has 0 saturated carbocycles. The fraction of sp³-hybridized carbons (Fsp3) is 0.600. The summed E-state index contributed by atoms with van der Waals surface area (Å²) in [7, 11) is 0. The topological polar surface area (TPSA) is 29.5 Å². The second-order valence-electron chi connectivity index (χ2n) is 5.12. The maximum Gasteiger partial charge on any atom is 0.0583 e. The Hall–Kier alpha value is -0.860. The van der Waals surface area contributed by atoms with E-state index in [-0.39, 0.29) is 6.61 Å². The summed E-state index contributed by atoms with van der Waals surface area (Å²) in [5, 5.41) is 9.46. The largest absolute Gasteiger partial charge is 0.396 e. The van der Waals surface area contributed by atoms with E-state index in [1.165, 1.54) is 5.56 Å². The van der Waals surface area contributed by atoms with Crippen molar-refractivity contribution >= 4 is 0 Å². The zero-order chi connectivity index (χ0) is 12.1. The Morgan fingerprint density at radius 2 is 2.06 bits per heavy atom. The molecule has 1 fully saturated rings. The number of benzene rings is 1. The van der Waals surface area contributed by atoms with Gasteiger partial charge in [-0.1, -0.05) is 30.3 Å². The first kappa shape index (κ1) is 12.6. The highest BCUT2D eigenvalue weighted by molar-refractivity contribution is 5.15. The molecule has 1 aromatic rings. The third-order valence-electron chi connectivity index (χ3n) is 3.54. The van der Waals surface area contributed by atoms with Gasteiger partial charge < -0.3 is 9.84 Å². The summed E-state index contributed by atoms with van der Waals surface area (Å²) < 4.78 is 5.82. The average Bonchev–Trinajstić information content (AvgIpc) is 2.75. The number of hydrogen-bond donors (Lipinski definition) is 1. The minimum Gasteiger partial charge on any atom is -0.396 e. The minimum atomic E-state index is 0.253. The van der Waals surface area contributed by atoms with Crippen LogP contribution in [-0.2, 0) is 11.2 Å². The number of aliphatic hydroxyl groups excluding tert-OH is 1. The molecule has 1 aliphatic rings. The Kier molecular flexibility index (Phi) is 4.57. The first-order chi connectivity index (χ1) is 8.28. The van der Waals surface area contributed by atoms with Crippen LogP contribution in [0.1, 0.15) is 31.7 Å². The van der Waals surface area contributed by atoms with Gasteiger partial charge >= 0.3 is 0 Å². The highest BCUT2D eigenvalue weighted by atomic mass is 16.5. The highest BCUT2D eigenvalue weighted by Gasteiger charge is 2.24. The van der Waals surface area contributed by atoms with Gasteiger partial charge in [-0.25, -0.2) is 0 Å². The molecule has 1 N–H and O–H groups in total. The molecule has 1 heterocycles. The number of rotatable bonds is 5. The van der Waals surface area contributed by atoms with Gasteiger partial charge in [-0.2, -0.15) is 0 Å². The molecule has 2 heteroatoms. The maximum atomic E-state index is 9.46. The zero-order valence-corrected chi connectivity index (χ0v) is 10.5. The van der Waals surface area contributed by atoms with Gasteiger partial charge in [0.25, 0.3) is 0 Å². The lowest BCUT2D eigenvalue weighted by Gasteiger charge is -2.19. The molecule has 0 bridgehead atoms. The maximum absolute atomic E-state index is 9.46. The van der Waals surface area contributed by atoms with E-state index in [4.69, 9.17) is 4.74 Å². The third kappa shape index (κ3) is 3.83. The van der Waals surface area contributed by atoms with Gasteiger partial charge in [0.15, 0.2) is 0 Å². The number of hydrogen-bond acceptors (Lipinski definition) is 2. The van der Waals surface area contributed by atoms with E-state index in [2.05, 4.69) is 31.2 Å².